The summed E-state index contributed by atoms with van der Waals surface area (Å²) in [4.78, 5) is 11.0. The molecule has 0 aliphatic heterocycles. The third-order valence-corrected chi connectivity index (χ3v) is 2.33. The number of phenolic OH excluding ortho intramolecular Hbond substituents is 2. The van der Waals surface area contributed by atoms with Gasteiger partial charge in [0.15, 0.2) is 5.75 Å². The molecule has 0 unspecified atom stereocenters. The predicted octanol–water partition coefficient (Wildman–Crippen LogP) is 1.54. The van der Waals surface area contributed by atoms with E-state index in [9.17, 15) is 20.1 Å². The molecule has 0 heterocycles. The van der Waals surface area contributed by atoms with Crippen LogP contribution < -0.4 is 5.11 Å². The van der Waals surface area contributed by atoms with Crippen LogP contribution in [-0.4, -0.2) is 21.3 Å². The molecule has 0 radical (unpaired) electrons. The number of hydrogen-bond donors (Lipinski definition) is 3. The molecule has 0 atom stereocenters. The molecule has 0 aromatic heterocycles. The molecule has 5 nitrogen and oxygen atoms in total. The molecule has 0 amide bonds. The van der Waals surface area contributed by atoms with E-state index < -0.39 is 23.2 Å². The lowest BCUT2D eigenvalue weighted by atomic mass is 10.0. The number of benzene rings is 1. The Kier molecular flexibility index (Phi) is 4.37. The number of hydrogen-bond acceptors (Lipinski definition) is 4. The van der Waals surface area contributed by atoms with Crippen molar-refractivity contribution >= 4 is 5.97 Å². The Bertz CT molecular complexity index is 515. The normalized spacial score (nSPS) is 11.4. The smallest absolute Gasteiger partial charge is 0.336 e. The van der Waals surface area contributed by atoms with Gasteiger partial charge in [0.05, 0.1) is 5.56 Å². The van der Waals surface area contributed by atoms with Crippen LogP contribution in [0, 0.1) is 0 Å². The quantitative estimate of drug-likeness (QED) is 0.555. The zero-order valence-corrected chi connectivity index (χ0v) is 9.75. The van der Waals surface area contributed by atoms with Gasteiger partial charge in [-0.15, -0.1) is 0 Å². The van der Waals surface area contributed by atoms with Gasteiger partial charge < -0.3 is 20.4 Å². The minimum Gasteiger partial charge on any atom is -0.870 e. The number of aromatic carboxylic acids is 1. The highest BCUT2D eigenvalue weighted by molar-refractivity contribution is 5.91. The molecule has 3 N–H and O–H groups in total. The van der Waals surface area contributed by atoms with E-state index in [1.165, 1.54) is 0 Å². The van der Waals surface area contributed by atoms with Crippen LogP contribution in [0.1, 0.15) is 22.8 Å². The maximum atomic E-state index is 11.7. The topological polar surface area (TPSA) is 101 Å². The number of carbonyl (C=O) groups is 1. The summed E-state index contributed by atoms with van der Waals surface area (Å²) >= 11 is 0. The fraction of sp³-hybridized carbons (Fsp3) is 0.154. The molecule has 0 aliphatic carbocycles. The van der Waals surface area contributed by atoms with E-state index in [0.717, 1.165) is 6.07 Å². The zero-order valence-electron chi connectivity index (χ0n) is 9.75. The highest BCUT2D eigenvalue weighted by atomic mass is 16.4. The third kappa shape index (κ3) is 2.82. The molecule has 0 aliphatic rings. The molecule has 18 heavy (non-hydrogen) atoms. The van der Waals surface area contributed by atoms with Crippen LogP contribution in [0.25, 0.3) is 0 Å². The summed E-state index contributed by atoms with van der Waals surface area (Å²) in [5.74, 6) is -3.73. The summed E-state index contributed by atoms with van der Waals surface area (Å²) in [5.41, 5.74) is -0.362. The van der Waals surface area contributed by atoms with Crippen LogP contribution in [0.3, 0.4) is 0 Å². The van der Waals surface area contributed by atoms with Crippen LogP contribution in [-0.2, 0) is 6.42 Å². The van der Waals surface area contributed by atoms with E-state index >= 15 is 0 Å². The van der Waals surface area contributed by atoms with Gasteiger partial charge in [-0.25, -0.2) is 4.79 Å². The molecule has 5 heteroatoms. The largest absolute Gasteiger partial charge is 0.870 e. The number of carboxylic acids is 1. The lowest BCUT2D eigenvalue weighted by molar-refractivity contribution is -0.271. The van der Waals surface area contributed by atoms with Crippen LogP contribution in [0.5, 0.6) is 17.2 Å². The van der Waals surface area contributed by atoms with Gasteiger partial charge in [-0.3, -0.25) is 0 Å². The second-order valence-electron chi connectivity index (χ2n) is 3.56. The Morgan fingerprint density at radius 2 is 2.06 bits per heavy atom. The second-order valence-corrected chi connectivity index (χ2v) is 3.56. The standard InChI is InChI=1S/C13H14O5/c1-2-3-4-5-6-8-9(13(17)18)7-10(14)12(16)11(8)15/h2-5,7,14-16H,6H2,1H3,(H,17,18)/p-1/b3-2+,5-4+. The third-order valence-electron chi connectivity index (χ3n) is 2.33. The molecular formula is C13H13O5-. The first-order valence-corrected chi connectivity index (χ1v) is 5.25. The van der Waals surface area contributed by atoms with Gasteiger partial charge in [-0.2, -0.15) is 0 Å². The molecule has 0 spiro atoms. The molecule has 1 aromatic carbocycles. The first kappa shape index (κ1) is 13.6. The van der Waals surface area contributed by atoms with Crippen molar-refractivity contribution in [3.8, 4) is 17.2 Å². The summed E-state index contributed by atoms with van der Waals surface area (Å²) in [6.07, 6.45) is 6.83. The SMILES string of the molecule is C/C=C/C=C/Cc1c(C(=O)O)cc(O)c(O)c1[O-]. The van der Waals surface area contributed by atoms with E-state index in [1.54, 1.807) is 24.3 Å². The Morgan fingerprint density at radius 1 is 1.39 bits per heavy atom. The predicted molar refractivity (Wildman–Crippen MR) is 63.8 cm³/mol. The average molecular weight is 249 g/mol. The van der Waals surface area contributed by atoms with Gasteiger partial charge in [0.1, 0.15) is 5.75 Å². The first-order valence-electron chi connectivity index (χ1n) is 5.25. The lowest BCUT2D eigenvalue weighted by Crippen LogP contribution is -2.06. The fourth-order valence-electron chi connectivity index (χ4n) is 1.44. The summed E-state index contributed by atoms with van der Waals surface area (Å²) in [7, 11) is 0. The Labute approximate surface area is 104 Å². The molecular weight excluding hydrogens is 236 g/mol. The fourth-order valence-corrected chi connectivity index (χ4v) is 1.44. The molecule has 1 aromatic rings. The maximum absolute atomic E-state index is 11.7. The molecule has 96 valence electrons. The summed E-state index contributed by atoms with van der Waals surface area (Å²) in [6.45, 7) is 1.82. The van der Waals surface area contributed by atoms with Crippen molar-refractivity contribution < 1.29 is 25.2 Å². The van der Waals surface area contributed by atoms with E-state index in [4.69, 9.17) is 5.11 Å². The van der Waals surface area contributed by atoms with Crippen molar-refractivity contribution in [3.63, 3.8) is 0 Å². The van der Waals surface area contributed by atoms with Crippen molar-refractivity contribution in [1.29, 1.82) is 0 Å². The number of allylic oxidation sites excluding steroid dienone is 4. The van der Waals surface area contributed by atoms with Crippen molar-refractivity contribution in [3.05, 3.63) is 41.5 Å². The second kappa shape index (κ2) is 5.77. The Balaban J connectivity index is 3.23. The minimum absolute atomic E-state index is 0.0569. The lowest BCUT2D eigenvalue weighted by Gasteiger charge is -2.17. The van der Waals surface area contributed by atoms with Crippen LogP contribution in [0.4, 0.5) is 0 Å². The van der Waals surface area contributed by atoms with Gasteiger partial charge in [0.25, 0.3) is 0 Å². The molecule has 0 saturated heterocycles. The number of phenols is 2. The van der Waals surface area contributed by atoms with Crippen molar-refractivity contribution in [2.45, 2.75) is 13.3 Å². The van der Waals surface area contributed by atoms with E-state index in [2.05, 4.69) is 0 Å². The molecule has 0 fully saturated rings. The van der Waals surface area contributed by atoms with E-state index in [-0.39, 0.29) is 17.5 Å². The Hall–Kier alpha value is -2.43. The van der Waals surface area contributed by atoms with Crippen molar-refractivity contribution in [2.24, 2.45) is 0 Å². The van der Waals surface area contributed by atoms with E-state index in [0.29, 0.717) is 0 Å². The molecule has 0 bridgehead atoms. The first-order chi connectivity index (χ1) is 8.49. The molecule has 0 saturated carbocycles. The molecule has 1 rings (SSSR count). The van der Waals surface area contributed by atoms with Crippen LogP contribution in [0.2, 0.25) is 0 Å². The highest BCUT2D eigenvalue weighted by Crippen LogP contribution is 2.38. The van der Waals surface area contributed by atoms with Crippen LogP contribution in [0.15, 0.2) is 30.4 Å². The van der Waals surface area contributed by atoms with Crippen molar-refractivity contribution in [2.75, 3.05) is 0 Å². The van der Waals surface area contributed by atoms with Gasteiger partial charge in [0.2, 0.25) is 0 Å². The minimum atomic E-state index is -1.32. The van der Waals surface area contributed by atoms with Crippen molar-refractivity contribution in [1.82, 2.24) is 0 Å². The number of carboxylic acid groups (broad SMARTS) is 1. The summed E-state index contributed by atoms with van der Waals surface area (Å²) in [6, 6.07) is 0.873. The van der Waals surface area contributed by atoms with E-state index in [1.807, 2.05) is 6.92 Å². The maximum Gasteiger partial charge on any atom is 0.336 e. The van der Waals surface area contributed by atoms with Gasteiger partial charge in [-0.05, 0) is 25.0 Å². The number of aromatic hydroxyl groups is 2. The Morgan fingerprint density at radius 3 is 2.61 bits per heavy atom. The summed E-state index contributed by atoms with van der Waals surface area (Å²) < 4.78 is 0. The monoisotopic (exact) mass is 249 g/mol. The summed E-state index contributed by atoms with van der Waals surface area (Å²) in [5, 5.41) is 39.1. The number of rotatable bonds is 4. The highest BCUT2D eigenvalue weighted by Gasteiger charge is 2.15. The van der Waals surface area contributed by atoms with Gasteiger partial charge in [-0.1, -0.05) is 30.1 Å². The van der Waals surface area contributed by atoms with Gasteiger partial charge >= 0.3 is 5.97 Å². The van der Waals surface area contributed by atoms with Crippen LogP contribution >= 0.6 is 0 Å². The van der Waals surface area contributed by atoms with Gasteiger partial charge in [0, 0.05) is 0 Å². The average Bonchev–Trinajstić information content (AvgIpc) is 2.33. The zero-order chi connectivity index (χ0) is 13.7.